The molecule has 0 aromatic carbocycles. The molecule has 1 radical (unpaired) electrons. The summed E-state index contributed by atoms with van der Waals surface area (Å²) in [6.07, 6.45) is 0. The van der Waals surface area contributed by atoms with Gasteiger partial charge in [-0.1, -0.05) is 0 Å². The predicted molar refractivity (Wildman–Crippen MR) is 24.4 cm³/mol. The number of hydrogen-bond acceptors (Lipinski definition) is 3. The minimum absolute atomic E-state index is 0.0258. The summed E-state index contributed by atoms with van der Waals surface area (Å²) in [6.45, 7) is -1.45. The fraction of sp³-hybridized carbons (Fsp3) is 1.00. The van der Waals surface area contributed by atoms with Crippen LogP contribution >= 0.6 is 0 Å². The molecule has 0 aromatic heterocycles. The zero-order valence-corrected chi connectivity index (χ0v) is 4.92. The van der Waals surface area contributed by atoms with E-state index in [1.165, 1.54) is 14.2 Å². The van der Waals surface area contributed by atoms with E-state index in [1.807, 2.05) is 0 Å². The first kappa shape index (κ1) is 7.84. The van der Waals surface area contributed by atoms with Gasteiger partial charge in [-0.15, -0.1) is 0 Å². The lowest BCUT2D eigenvalue weighted by molar-refractivity contribution is -0.304. The Balaban J connectivity index is 2.86. The molecule has 0 fully saturated rings. The molecule has 0 amide bonds. The van der Waals surface area contributed by atoms with Gasteiger partial charge in [0.05, 0.1) is 0 Å². The van der Waals surface area contributed by atoms with Crippen LogP contribution in [0.2, 0.25) is 0 Å². The Kier molecular flexibility index (Phi) is 4.89. The first-order valence-electron chi connectivity index (χ1n) is 2.10. The molecule has 8 heavy (non-hydrogen) atoms. The van der Waals surface area contributed by atoms with Crippen molar-refractivity contribution >= 4 is 0 Å². The molecule has 0 saturated heterocycles. The van der Waals surface area contributed by atoms with Crippen molar-refractivity contribution in [2.45, 2.75) is 6.48 Å². The molecular formula is C4H9O4. The molecule has 0 aliphatic heterocycles. The van der Waals surface area contributed by atoms with Crippen molar-refractivity contribution in [3.05, 3.63) is 0 Å². The second kappa shape index (κ2) is 4.99. The number of hydrogen-bond donors (Lipinski definition) is 0. The third kappa shape index (κ3) is 4.01. The molecule has 49 valence electrons. The lowest BCUT2D eigenvalue weighted by Gasteiger charge is -2.04. The third-order valence-corrected chi connectivity index (χ3v) is 0.514. The van der Waals surface area contributed by atoms with E-state index in [2.05, 4.69) is 14.2 Å². The maximum Gasteiger partial charge on any atom is 0.303 e. The van der Waals surface area contributed by atoms with Crippen molar-refractivity contribution in [3.8, 4) is 0 Å². The van der Waals surface area contributed by atoms with Crippen LogP contribution in [-0.2, 0) is 19.3 Å². The summed E-state index contributed by atoms with van der Waals surface area (Å²) in [4.78, 5) is 0. The summed E-state index contributed by atoms with van der Waals surface area (Å²) in [6, 6.07) is 0. The van der Waals surface area contributed by atoms with Crippen LogP contribution in [0.15, 0.2) is 0 Å². The SMILES string of the molecule is COCOC([O])OC. The van der Waals surface area contributed by atoms with E-state index >= 15 is 0 Å². The smallest absolute Gasteiger partial charge is 0.303 e. The quantitative estimate of drug-likeness (QED) is 0.490. The first-order valence-corrected chi connectivity index (χ1v) is 2.10. The van der Waals surface area contributed by atoms with Crippen LogP contribution in [0.3, 0.4) is 0 Å². The van der Waals surface area contributed by atoms with Crippen molar-refractivity contribution < 1.29 is 19.3 Å². The fourth-order valence-corrected chi connectivity index (χ4v) is 0.192. The zero-order chi connectivity index (χ0) is 6.41. The summed E-state index contributed by atoms with van der Waals surface area (Å²) in [5.74, 6) is 0. The highest BCUT2D eigenvalue weighted by atomic mass is 16.8. The van der Waals surface area contributed by atoms with E-state index < -0.39 is 6.48 Å². The normalized spacial score (nSPS) is 13.9. The van der Waals surface area contributed by atoms with E-state index in [-0.39, 0.29) is 6.79 Å². The maximum atomic E-state index is 10.1. The monoisotopic (exact) mass is 121 g/mol. The molecule has 0 N–H and O–H groups in total. The van der Waals surface area contributed by atoms with Gasteiger partial charge in [0.25, 0.3) is 0 Å². The maximum absolute atomic E-state index is 10.1. The van der Waals surface area contributed by atoms with Crippen molar-refractivity contribution in [2.24, 2.45) is 0 Å². The molecule has 1 unspecified atom stereocenters. The zero-order valence-electron chi connectivity index (χ0n) is 4.92. The molecule has 4 heteroatoms. The fourth-order valence-electron chi connectivity index (χ4n) is 0.192. The summed E-state index contributed by atoms with van der Waals surface area (Å²) in [7, 11) is 2.70. The highest BCUT2D eigenvalue weighted by Gasteiger charge is 1.99. The highest BCUT2D eigenvalue weighted by Crippen LogP contribution is 1.85. The van der Waals surface area contributed by atoms with Gasteiger partial charge in [-0.05, 0) is 0 Å². The first-order chi connectivity index (χ1) is 3.81. The minimum atomic E-state index is -1.42. The van der Waals surface area contributed by atoms with E-state index in [0.29, 0.717) is 0 Å². The van der Waals surface area contributed by atoms with Gasteiger partial charge in [0, 0.05) is 14.2 Å². The molecule has 0 bridgehead atoms. The van der Waals surface area contributed by atoms with Crippen molar-refractivity contribution in [2.75, 3.05) is 21.0 Å². The molecule has 0 saturated carbocycles. The molecular weight excluding hydrogens is 112 g/mol. The molecule has 4 nitrogen and oxygen atoms in total. The van der Waals surface area contributed by atoms with Crippen LogP contribution in [-0.4, -0.2) is 27.5 Å². The van der Waals surface area contributed by atoms with Gasteiger partial charge in [0.2, 0.25) is 0 Å². The summed E-state index contributed by atoms with van der Waals surface area (Å²) in [5, 5.41) is 10.1. The van der Waals surface area contributed by atoms with Crippen molar-refractivity contribution in [3.63, 3.8) is 0 Å². The molecule has 0 aliphatic rings. The topological polar surface area (TPSA) is 47.6 Å². The summed E-state index contributed by atoms with van der Waals surface area (Å²) < 4.78 is 12.9. The Morgan fingerprint density at radius 2 is 2.12 bits per heavy atom. The van der Waals surface area contributed by atoms with E-state index in [4.69, 9.17) is 0 Å². The molecule has 0 aromatic rings. The molecule has 0 heterocycles. The van der Waals surface area contributed by atoms with Crippen molar-refractivity contribution in [1.82, 2.24) is 0 Å². The number of ether oxygens (including phenoxy) is 3. The second-order valence-corrected chi connectivity index (χ2v) is 1.10. The Hall–Kier alpha value is -0.160. The Morgan fingerprint density at radius 1 is 1.50 bits per heavy atom. The average molecular weight is 121 g/mol. The third-order valence-electron chi connectivity index (χ3n) is 0.514. The minimum Gasteiger partial charge on any atom is -0.358 e. The van der Waals surface area contributed by atoms with Crippen LogP contribution in [0.1, 0.15) is 0 Å². The van der Waals surface area contributed by atoms with E-state index in [9.17, 15) is 5.11 Å². The molecule has 0 rings (SSSR count). The average Bonchev–Trinajstić information content (AvgIpc) is 1.83. The van der Waals surface area contributed by atoms with Crippen LogP contribution in [0.4, 0.5) is 0 Å². The van der Waals surface area contributed by atoms with Crippen LogP contribution in [0, 0.1) is 0 Å². The lowest BCUT2D eigenvalue weighted by atomic mass is 11.2. The van der Waals surface area contributed by atoms with Gasteiger partial charge in [-0.2, -0.15) is 5.11 Å². The van der Waals surface area contributed by atoms with Crippen LogP contribution in [0.5, 0.6) is 0 Å². The van der Waals surface area contributed by atoms with E-state index in [0.717, 1.165) is 0 Å². The summed E-state index contributed by atoms with van der Waals surface area (Å²) in [5.41, 5.74) is 0. The van der Waals surface area contributed by atoms with Gasteiger partial charge in [0.15, 0.2) is 6.79 Å². The molecule has 1 atom stereocenters. The van der Waals surface area contributed by atoms with Gasteiger partial charge in [-0.3, -0.25) is 0 Å². The predicted octanol–water partition coefficient (Wildman–Crippen LogP) is -0.0326. The van der Waals surface area contributed by atoms with Gasteiger partial charge in [-0.25, -0.2) is 0 Å². The van der Waals surface area contributed by atoms with Crippen LogP contribution < -0.4 is 0 Å². The van der Waals surface area contributed by atoms with Crippen molar-refractivity contribution in [1.29, 1.82) is 0 Å². The van der Waals surface area contributed by atoms with Crippen LogP contribution in [0.25, 0.3) is 0 Å². The van der Waals surface area contributed by atoms with E-state index in [1.54, 1.807) is 0 Å². The molecule has 0 aliphatic carbocycles. The number of rotatable bonds is 4. The standard InChI is InChI=1S/C4H9O4/c1-6-3-8-4(5)7-2/h4H,3H2,1-2H3. The van der Waals surface area contributed by atoms with Gasteiger partial charge < -0.3 is 14.2 Å². The Labute approximate surface area is 48.0 Å². The molecule has 0 spiro atoms. The summed E-state index contributed by atoms with van der Waals surface area (Å²) >= 11 is 0. The Bertz CT molecular complexity index is 47.3. The van der Waals surface area contributed by atoms with Gasteiger partial charge in [0.1, 0.15) is 0 Å². The number of methoxy groups -OCH3 is 2. The lowest BCUT2D eigenvalue weighted by Crippen LogP contribution is -2.13. The Morgan fingerprint density at radius 3 is 2.50 bits per heavy atom. The second-order valence-electron chi connectivity index (χ2n) is 1.10. The van der Waals surface area contributed by atoms with Gasteiger partial charge >= 0.3 is 6.48 Å². The largest absolute Gasteiger partial charge is 0.358 e. The highest BCUT2D eigenvalue weighted by molar-refractivity contribution is 4.05.